The Balaban J connectivity index is 0.000000694. The number of hydrogen-bond acceptors (Lipinski definition) is 7. The minimum atomic E-state index is -4.99. The quantitative estimate of drug-likeness (QED) is 0.213. The SMILES string of the molecule is Cc1ccccc1-c1nc(N2C[C@@H](C)N[C@@H](C)C2)ncc1C(=O)N(C)Cc1cc(C(F)(F)F)cc(C(F)(F)F)c1.O=C(O)/C=C/C(=O)O. The number of carboxylic acid groups (broad SMARTS) is 2. The van der Waals surface area contributed by atoms with Gasteiger partial charge in [-0.2, -0.15) is 26.3 Å². The van der Waals surface area contributed by atoms with Gasteiger partial charge in [0.1, 0.15) is 0 Å². The fraction of sp³-hybridized carbons (Fsp3) is 0.344. The van der Waals surface area contributed by atoms with E-state index in [9.17, 15) is 40.7 Å². The molecule has 48 heavy (non-hydrogen) atoms. The summed E-state index contributed by atoms with van der Waals surface area (Å²) in [7, 11) is 1.31. The number of alkyl halides is 6. The van der Waals surface area contributed by atoms with E-state index in [1.54, 1.807) is 12.1 Å². The Morgan fingerprint density at radius 2 is 1.46 bits per heavy atom. The zero-order chi connectivity index (χ0) is 36.0. The van der Waals surface area contributed by atoms with Gasteiger partial charge in [-0.05, 0) is 50.1 Å². The molecule has 2 heterocycles. The minimum Gasteiger partial charge on any atom is -0.478 e. The highest BCUT2D eigenvalue weighted by atomic mass is 19.4. The Hall–Kier alpha value is -4.99. The number of nitrogens with one attached hydrogen (secondary N) is 1. The summed E-state index contributed by atoms with van der Waals surface area (Å²) in [6, 6.07) is 8.92. The second-order valence-corrected chi connectivity index (χ2v) is 11.2. The molecular weight excluding hydrogens is 648 g/mol. The molecule has 0 unspecified atom stereocenters. The molecule has 1 fully saturated rings. The van der Waals surface area contributed by atoms with Crippen LogP contribution in [-0.4, -0.2) is 75.1 Å². The lowest BCUT2D eigenvalue weighted by Gasteiger charge is -2.36. The number of anilines is 1. The van der Waals surface area contributed by atoms with Crippen molar-refractivity contribution in [1.82, 2.24) is 20.2 Å². The molecule has 258 valence electrons. The molecule has 0 saturated carbocycles. The molecule has 1 aliphatic rings. The van der Waals surface area contributed by atoms with Crippen LogP contribution >= 0.6 is 0 Å². The summed E-state index contributed by atoms with van der Waals surface area (Å²) in [5.74, 6) is -2.73. The number of hydrogen-bond donors (Lipinski definition) is 3. The van der Waals surface area contributed by atoms with E-state index in [0.29, 0.717) is 54.6 Å². The molecule has 0 aliphatic carbocycles. The van der Waals surface area contributed by atoms with E-state index >= 15 is 0 Å². The van der Waals surface area contributed by atoms with E-state index in [4.69, 9.17) is 15.2 Å². The first kappa shape index (κ1) is 37.5. The van der Waals surface area contributed by atoms with Gasteiger partial charge in [-0.15, -0.1) is 0 Å². The van der Waals surface area contributed by atoms with Crippen LogP contribution in [0.1, 0.15) is 46.5 Å². The van der Waals surface area contributed by atoms with Crippen molar-refractivity contribution in [3.8, 4) is 11.3 Å². The first-order valence-corrected chi connectivity index (χ1v) is 14.4. The van der Waals surface area contributed by atoms with Crippen molar-refractivity contribution >= 4 is 23.8 Å². The Bertz CT molecular complexity index is 1620. The lowest BCUT2D eigenvalue weighted by Crippen LogP contribution is -2.54. The summed E-state index contributed by atoms with van der Waals surface area (Å²) in [6.45, 7) is 6.72. The van der Waals surface area contributed by atoms with Crippen LogP contribution in [0.2, 0.25) is 0 Å². The molecular formula is C32H33F6N5O5. The molecule has 3 aromatic rings. The van der Waals surface area contributed by atoms with Gasteiger partial charge in [-0.25, -0.2) is 19.6 Å². The van der Waals surface area contributed by atoms with Crippen LogP contribution in [0.5, 0.6) is 0 Å². The highest BCUT2D eigenvalue weighted by molar-refractivity contribution is 6.00. The van der Waals surface area contributed by atoms with Crippen molar-refractivity contribution in [3.05, 3.63) is 88.6 Å². The number of carbonyl (C=O) groups excluding carboxylic acids is 1. The molecule has 1 aromatic heterocycles. The molecule has 2 aromatic carbocycles. The Kier molecular flexibility index (Phi) is 11.9. The first-order valence-electron chi connectivity index (χ1n) is 14.4. The van der Waals surface area contributed by atoms with Gasteiger partial charge in [0.05, 0.1) is 22.4 Å². The monoisotopic (exact) mass is 681 g/mol. The van der Waals surface area contributed by atoms with Crippen LogP contribution in [0.25, 0.3) is 11.3 Å². The van der Waals surface area contributed by atoms with E-state index in [-0.39, 0.29) is 29.3 Å². The van der Waals surface area contributed by atoms with Gasteiger partial charge in [0.25, 0.3) is 5.91 Å². The van der Waals surface area contributed by atoms with Crippen LogP contribution in [0, 0.1) is 6.92 Å². The number of amides is 1. The van der Waals surface area contributed by atoms with Crippen molar-refractivity contribution in [3.63, 3.8) is 0 Å². The Morgan fingerprint density at radius 1 is 0.938 bits per heavy atom. The van der Waals surface area contributed by atoms with Crippen molar-refractivity contribution in [2.45, 2.75) is 51.8 Å². The summed E-state index contributed by atoms with van der Waals surface area (Å²) in [5.41, 5.74) is -1.27. The number of piperazine rings is 1. The average Bonchev–Trinajstić information content (AvgIpc) is 2.98. The maximum absolute atomic E-state index is 13.6. The molecule has 0 radical (unpaired) electrons. The largest absolute Gasteiger partial charge is 0.478 e. The smallest absolute Gasteiger partial charge is 0.416 e. The zero-order valence-electron chi connectivity index (χ0n) is 26.2. The van der Waals surface area contributed by atoms with Crippen LogP contribution in [0.15, 0.2) is 60.8 Å². The number of aliphatic carboxylic acids is 2. The molecule has 3 N–H and O–H groups in total. The topological polar surface area (TPSA) is 136 Å². The van der Waals surface area contributed by atoms with Crippen LogP contribution in [0.3, 0.4) is 0 Å². The Morgan fingerprint density at radius 3 is 1.94 bits per heavy atom. The number of halogens is 6. The molecule has 0 bridgehead atoms. The van der Waals surface area contributed by atoms with Crippen LogP contribution in [0.4, 0.5) is 32.3 Å². The maximum atomic E-state index is 13.6. The van der Waals surface area contributed by atoms with Gasteiger partial charge < -0.3 is 25.3 Å². The van der Waals surface area contributed by atoms with E-state index in [1.165, 1.54) is 13.2 Å². The highest BCUT2D eigenvalue weighted by Crippen LogP contribution is 2.37. The van der Waals surface area contributed by atoms with Gasteiger partial charge in [-0.3, -0.25) is 4.79 Å². The van der Waals surface area contributed by atoms with E-state index in [1.807, 2.05) is 37.8 Å². The normalized spacial score (nSPS) is 16.7. The molecule has 1 amide bonds. The average molecular weight is 682 g/mol. The number of aromatic nitrogens is 2. The number of carboxylic acids is 2. The van der Waals surface area contributed by atoms with Gasteiger partial charge >= 0.3 is 24.3 Å². The Labute approximate surface area is 271 Å². The van der Waals surface area contributed by atoms with E-state index in [0.717, 1.165) is 10.5 Å². The second-order valence-electron chi connectivity index (χ2n) is 11.2. The van der Waals surface area contributed by atoms with Crippen LogP contribution in [-0.2, 0) is 28.5 Å². The molecule has 4 rings (SSSR count). The van der Waals surface area contributed by atoms with Gasteiger partial charge in [0.2, 0.25) is 5.95 Å². The molecule has 16 heteroatoms. The minimum absolute atomic E-state index is 0.0615. The lowest BCUT2D eigenvalue weighted by atomic mass is 10.0. The van der Waals surface area contributed by atoms with Crippen molar-refractivity contribution in [2.75, 3.05) is 25.0 Å². The standard InChI is InChI=1S/C28H29F6N5O.C4H4O4/c1-16-7-5-6-8-22(16)24-23(12-35-26(37-24)39-13-17(2)36-18(3)14-39)25(40)38(4)15-19-9-20(27(29,30)31)11-21(10-19)28(32,33)34;5-3(6)1-2-4(7)8/h5-12,17-18,36H,13-15H2,1-4H3;1-2H,(H,5,6)(H,7,8)/b;2-1+/t17-,18+;. The van der Waals surface area contributed by atoms with Crippen LogP contribution < -0.4 is 10.2 Å². The van der Waals surface area contributed by atoms with Gasteiger partial charge in [0, 0.05) is 62.7 Å². The third-order valence-electron chi connectivity index (χ3n) is 7.03. The van der Waals surface area contributed by atoms with Gasteiger partial charge in [0.15, 0.2) is 0 Å². The number of benzene rings is 2. The molecule has 1 aliphatic heterocycles. The fourth-order valence-corrected chi connectivity index (χ4v) is 5.02. The summed E-state index contributed by atoms with van der Waals surface area (Å²) >= 11 is 0. The van der Waals surface area contributed by atoms with Crippen molar-refractivity contribution in [1.29, 1.82) is 0 Å². The summed E-state index contributed by atoms with van der Waals surface area (Å²) in [5, 5.41) is 19.1. The third-order valence-corrected chi connectivity index (χ3v) is 7.03. The maximum Gasteiger partial charge on any atom is 0.416 e. The number of carbonyl (C=O) groups is 3. The number of rotatable bonds is 7. The molecule has 2 atom stereocenters. The number of nitrogens with zero attached hydrogens (tertiary/aromatic N) is 4. The molecule has 10 nitrogen and oxygen atoms in total. The molecule has 0 spiro atoms. The third kappa shape index (κ3) is 10.3. The lowest BCUT2D eigenvalue weighted by molar-refractivity contribution is -0.143. The summed E-state index contributed by atoms with van der Waals surface area (Å²) in [4.78, 5) is 44.9. The number of aryl methyl sites for hydroxylation is 1. The summed E-state index contributed by atoms with van der Waals surface area (Å²) < 4.78 is 80.1. The highest BCUT2D eigenvalue weighted by Gasteiger charge is 2.37. The van der Waals surface area contributed by atoms with E-state index in [2.05, 4.69) is 10.3 Å². The van der Waals surface area contributed by atoms with E-state index < -0.39 is 47.9 Å². The predicted octanol–water partition coefficient (Wildman–Crippen LogP) is 5.66. The zero-order valence-corrected chi connectivity index (χ0v) is 26.2. The summed E-state index contributed by atoms with van der Waals surface area (Å²) in [6.07, 6.45) is -7.49. The second kappa shape index (κ2) is 15.3. The first-order chi connectivity index (χ1) is 22.3. The van der Waals surface area contributed by atoms with Crippen molar-refractivity contribution < 1.29 is 50.9 Å². The van der Waals surface area contributed by atoms with Crippen molar-refractivity contribution in [2.24, 2.45) is 0 Å². The predicted molar refractivity (Wildman–Crippen MR) is 163 cm³/mol. The molecule has 1 saturated heterocycles. The fourth-order valence-electron chi connectivity index (χ4n) is 5.02. The van der Waals surface area contributed by atoms with Gasteiger partial charge in [-0.1, -0.05) is 24.3 Å².